The Morgan fingerprint density at radius 1 is 1.12 bits per heavy atom. The summed E-state index contributed by atoms with van der Waals surface area (Å²) < 4.78 is 10.7. The first-order chi connectivity index (χ1) is 7.79. The molecule has 1 saturated heterocycles. The molecule has 1 aliphatic rings. The van der Waals surface area contributed by atoms with Crippen molar-refractivity contribution in [2.24, 2.45) is 5.92 Å². The average Bonchev–Trinajstić information content (AvgIpc) is 3.03. The fourth-order valence-electron chi connectivity index (χ4n) is 2.37. The molecule has 3 atom stereocenters. The van der Waals surface area contributed by atoms with Crippen LogP contribution in [0.5, 0.6) is 0 Å². The zero-order chi connectivity index (χ0) is 11.8. The van der Waals surface area contributed by atoms with Gasteiger partial charge in [0.25, 0.3) is 0 Å². The number of rotatable bonds is 10. The van der Waals surface area contributed by atoms with Crippen LogP contribution < -0.4 is 0 Å². The number of ether oxygens (including phenoxy) is 2. The van der Waals surface area contributed by atoms with E-state index in [4.69, 9.17) is 9.47 Å². The van der Waals surface area contributed by atoms with E-state index in [-0.39, 0.29) is 0 Å². The van der Waals surface area contributed by atoms with E-state index in [1.54, 1.807) is 7.11 Å². The highest BCUT2D eigenvalue weighted by atomic mass is 16.6. The van der Waals surface area contributed by atoms with Crippen LogP contribution in [0.25, 0.3) is 0 Å². The summed E-state index contributed by atoms with van der Waals surface area (Å²) in [6.07, 6.45) is 10.5. The quantitative estimate of drug-likeness (QED) is 0.419. The summed E-state index contributed by atoms with van der Waals surface area (Å²) in [5, 5.41) is 0. The van der Waals surface area contributed by atoms with Crippen LogP contribution in [0.2, 0.25) is 0 Å². The molecule has 96 valence electrons. The summed E-state index contributed by atoms with van der Waals surface area (Å²) in [6, 6.07) is 0. The van der Waals surface area contributed by atoms with Gasteiger partial charge >= 0.3 is 0 Å². The molecule has 0 radical (unpaired) electrons. The minimum atomic E-state index is 0.389. The molecule has 3 unspecified atom stereocenters. The molecule has 0 aliphatic carbocycles. The predicted molar refractivity (Wildman–Crippen MR) is 67.7 cm³/mol. The van der Waals surface area contributed by atoms with E-state index >= 15 is 0 Å². The van der Waals surface area contributed by atoms with Gasteiger partial charge in [-0.1, -0.05) is 52.4 Å². The van der Waals surface area contributed by atoms with Crippen molar-refractivity contribution in [1.29, 1.82) is 0 Å². The first kappa shape index (κ1) is 14.0. The van der Waals surface area contributed by atoms with E-state index in [1.807, 2.05) is 0 Å². The highest BCUT2D eigenvalue weighted by Crippen LogP contribution is 2.32. The minimum Gasteiger partial charge on any atom is -0.382 e. The molecule has 1 heterocycles. The molecule has 1 fully saturated rings. The topological polar surface area (TPSA) is 21.8 Å². The van der Waals surface area contributed by atoms with Crippen LogP contribution in [0.15, 0.2) is 0 Å². The van der Waals surface area contributed by atoms with E-state index < -0.39 is 0 Å². The zero-order valence-corrected chi connectivity index (χ0v) is 11.2. The summed E-state index contributed by atoms with van der Waals surface area (Å²) in [5.41, 5.74) is 0. The van der Waals surface area contributed by atoms with E-state index in [0.717, 1.165) is 6.61 Å². The van der Waals surface area contributed by atoms with Gasteiger partial charge < -0.3 is 9.47 Å². The van der Waals surface area contributed by atoms with Gasteiger partial charge in [-0.15, -0.1) is 0 Å². The van der Waals surface area contributed by atoms with Gasteiger partial charge in [-0.25, -0.2) is 0 Å². The van der Waals surface area contributed by atoms with Gasteiger partial charge in [-0.2, -0.15) is 0 Å². The molecule has 0 amide bonds. The Kier molecular flexibility index (Phi) is 7.06. The maximum atomic E-state index is 5.59. The van der Waals surface area contributed by atoms with Crippen molar-refractivity contribution < 1.29 is 9.47 Å². The second-order valence-corrected chi connectivity index (χ2v) is 5.13. The molecule has 0 N–H and O–H groups in total. The molecule has 1 aliphatic heterocycles. The summed E-state index contributed by atoms with van der Waals surface area (Å²) in [5.74, 6) is 0.714. The molecule has 2 nitrogen and oxygen atoms in total. The van der Waals surface area contributed by atoms with Gasteiger partial charge in [0.15, 0.2) is 0 Å². The smallest absolute Gasteiger partial charge is 0.108 e. The van der Waals surface area contributed by atoms with Crippen molar-refractivity contribution in [2.45, 2.75) is 71.0 Å². The Labute approximate surface area is 101 Å². The zero-order valence-electron chi connectivity index (χ0n) is 11.2. The van der Waals surface area contributed by atoms with E-state index in [0.29, 0.717) is 18.1 Å². The van der Waals surface area contributed by atoms with E-state index in [9.17, 15) is 0 Å². The normalized spacial score (nSPS) is 25.7. The molecule has 2 heteroatoms. The van der Waals surface area contributed by atoms with Crippen LogP contribution in [0.1, 0.15) is 58.8 Å². The van der Waals surface area contributed by atoms with Gasteiger partial charge in [-0.3, -0.25) is 0 Å². The maximum Gasteiger partial charge on any atom is 0.108 e. The summed E-state index contributed by atoms with van der Waals surface area (Å²) >= 11 is 0. The van der Waals surface area contributed by atoms with E-state index in [2.05, 4.69) is 13.8 Å². The number of unbranched alkanes of at least 4 members (excludes halogenated alkanes) is 5. The molecular formula is C14H28O2. The number of epoxide rings is 1. The summed E-state index contributed by atoms with van der Waals surface area (Å²) in [6.45, 7) is 5.35. The highest BCUT2D eigenvalue weighted by molar-refractivity contribution is 4.88. The maximum absolute atomic E-state index is 5.59. The first-order valence-corrected chi connectivity index (χ1v) is 6.94. The van der Waals surface area contributed by atoms with E-state index in [1.165, 1.54) is 44.9 Å². The van der Waals surface area contributed by atoms with Crippen molar-refractivity contribution in [3.8, 4) is 0 Å². The van der Waals surface area contributed by atoms with Crippen molar-refractivity contribution in [2.75, 3.05) is 13.7 Å². The minimum absolute atomic E-state index is 0.389. The molecule has 0 bridgehead atoms. The lowest BCUT2D eigenvalue weighted by Gasteiger charge is -2.07. The fraction of sp³-hybridized carbons (Fsp3) is 1.00. The number of hydrogen-bond donors (Lipinski definition) is 0. The standard InChI is InChI=1S/C14H28O2/c1-4-5-6-7-8-9-10-12(2)14-13(16-14)11-15-3/h12-14H,4-11H2,1-3H3. The summed E-state index contributed by atoms with van der Waals surface area (Å²) in [7, 11) is 1.75. The number of hydrogen-bond acceptors (Lipinski definition) is 2. The Bertz CT molecular complexity index is 170. The van der Waals surface area contributed by atoms with Crippen molar-refractivity contribution in [3.05, 3.63) is 0 Å². The van der Waals surface area contributed by atoms with Crippen LogP contribution in [0, 0.1) is 5.92 Å². The lowest BCUT2D eigenvalue weighted by atomic mass is 9.97. The van der Waals surface area contributed by atoms with Gasteiger partial charge in [0.1, 0.15) is 6.10 Å². The van der Waals surface area contributed by atoms with Crippen LogP contribution in [-0.4, -0.2) is 25.9 Å². The number of methoxy groups -OCH3 is 1. The Balaban J connectivity index is 1.89. The van der Waals surface area contributed by atoms with Gasteiger partial charge in [0.05, 0.1) is 12.7 Å². The van der Waals surface area contributed by atoms with Gasteiger partial charge in [-0.05, 0) is 12.3 Å². The lowest BCUT2D eigenvalue weighted by Crippen LogP contribution is -2.10. The lowest BCUT2D eigenvalue weighted by molar-refractivity contribution is 0.171. The Hall–Kier alpha value is -0.0800. The van der Waals surface area contributed by atoms with Gasteiger partial charge in [0, 0.05) is 7.11 Å². The molecule has 0 aromatic carbocycles. The second-order valence-electron chi connectivity index (χ2n) is 5.13. The molecule has 16 heavy (non-hydrogen) atoms. The monoisotopic (exact) mass is 228 g/mol. The summed E-state index contributed by atoms with van der Waals surface area (Å²) in [4.78, 5) is 0. The SMILES string of the molecule is CCCCCCCCC(C)C1OC1COC. The first-order valence-electron chi connectivity index (χ1n) is 6.94. The van der Waals surface area contributed by atoms with Crippen LogP contribution in [-0.2, 0) is 9.47 Å². The van der Waals surface area contributed by atoms with Crippen LogP contribution in [0.4, 0.5) is 0 Å². The predicted octanol–water partition coefficient (Wildman–Crippen LogP) is 3.79. The highest BCUT2D eigenvalue weighted by Gasteiger charge is 2.42. The third-order valence-corrected chi connectivity index (χ3v) is 3.53. The van der Waals surface area contributed by atoms with Crippen molar-refractivity contribution in [3.63, 3.8) is 0 Å². The van der Waals surface area contributed by atoms with Crippen molar-refractivity contribution in [1.82, 2.24) is 0 Å². The molecule has 1 rings (SSSR count). The third-order valence-electron chi connectivity index (χ3n) is 3.53. The van der Waals surface area contributed by atoms with Crippen LogP contribution in [0.3, 0.4) is 0 Å². The molecular weight excluding hydrogens is 200 g/mol. The Morgan fingerprint density at radius 2 is 1.81 bits per heavy atom. The average molecular weight is 228 g/mol. The third kappa shape index (κ3) is 5.31. The largest absolute Gasteiger partial charge is 0.382 e. The molecule has 0 aromatic heterocycles. The van der Waals surface area contributed by atoms with Crippen LogP contribution >= 0.6 is 0 Å². The molecule has 0 saturated carbocycles. The molecule has 0 aromatic rings. The van der Waals surface area contributed by atoms with Gasteiger partial charge in [0.2, 0.25) is 0 Å². The molecule has 0 spiro atoms. The Morgan fingerprint density at radius 3 is 2.50 bits per heavy atom. The second kappa shape index (κ2) is 8.08. The van der Waals surface area contributed by atoms with Crippen molar-refractivity contribution >= 4 is 0 Å². The fourth-order valence-corrected chi connectivity index (χ4v) is 2.37.